The van der Waals surface area contributed by atoms with E-state index in [0.29, 0.717) is 18.6 Å². The molecule has 1 saturated heterocycles. The molecule has 1 saturated carbocycles. The van der Waals surface area contributed by atoms with Crippen LogP contribution in [-0.2, 0) is 11.8 Å². The van der Waals surface area contributed by atoms with E-state index in [0.717, 1.165) is 17.3 Å². The van der Waals surface area contributed by atoms with Gasteiger partial charge < -0.3 is 14.2 Å². The van der Waals surface area contributed by atoms with Gasteiger partial charge in [0.15, 0.2) is 0 Å². The fourth-order valence-corrected chi connectivity index (χ4v) is 3.92. The van der Waals surface area contributed by atoms with Gasteiger partial charge in [-0.15, -0.1) is 0 Å². The van der Waals surface area contributed by atoms with Gasteiger partial charge >= 0.3 is 6.03 Å². The Hall–Kier alpha value is -1.83. The van der Waals surface area contributed by atoms with Crippen molar-refractivity contribution in [1.29, 1.82) is 0 Å². The lowest BCUT2D eigenvalue weighted by Crippen LogP contribution is -2.44. The smallest absolute Gasteiger partial charge is 0.327 e. The zero-order valence-corrected chi connectivity index (χ0v) is 16.2. The molecule has 0 radical (unpaired) electrons. The minimum Gasteiger partial charge on any atom is -0.489 e. The summed E-state index contributed by atoms with van der Waals surface area (Å²) in [5.41, 5.74) is -0.128. The van der Waals surface area contributed by atoms with Crippen molar-refractivity contribution in [1.82, 2.24) is 14.4 Å². The summed E-state index contributed by atoms with van der Waals surface area (Å²) in [5, 5.41) is 0. The summed E-state index contributed by atoms with van der Waals surface area (Å²) in [5.74, 6) is 0.416. The third-order valence-electron chi connectivity index (χ3n) is 5.13. The Morgan fingerprint density at radius 1 is 1.12 bits per heavy atom. The van der Waals surface area contributed by atoms with Gasteiger partial charge in [0, 0.05) is 32.4 Å². The number of hydrogen-bond donors (Lipinski definition) is 0. The van der Waals surface area contributed by atoms with E-state index < -0.39 is 6.04 Å². The quantitative estimate of drug-likeness (QED) is 0.714. The van der Waals surface area contributed by atoms with Gasteiger partial charge in [0.2, 0.25) is 0 Å². The Balaban J connectivity index is 1.63. The molecule has 2 heterocycles. The number of aryl methyl sites for hydroxylation is 1. The van der Waals surface area contributed by atoms with Crippen LogP contribution < -0.4 is 10.3 Å². The number of imide groups is 1. The molecule has 0 unspecified atom stereocenters. The molecule has 2 aliphatic rings. The Labute approximate surface area is 154 Å². The highest BCUT2D eigenvalue weighted by molar-refractivity contribution is 9.10. The average molecular weight is 412 g/mol. The van der Waals surface area contributed by atoms with Crippen molar-refractivity contribution in [2.24, 2.45) is 7.05 Å². The number of nitrogens with zero attached hydrogens (tertiary/aromatic N) is 3. The molecular weight excluding hydrogens is 390 g/mol. The number of pyridine rings is 1. The van der Waals surface area contributed by atoms with Crippen LogP contribution in [0.2, 0.25) is 0 Å². The maximum absolute atomic E-state index is 12.3. The summed E-state index contributed by atoms with van der Waals surface area (Å²) in [7, 11) is 3.34. The van der Waals surface area contributed by atoms with Crippen LogP contribution in [0.5, 0.6) is 5.75 Å². The van der Waals surface area contributed by atoms with Gasteiger partial charge in [-0.25, -0.2) is 4.79 Å². The number of carbonyl (C=O) groups excluding carboxylic acids is 2. The number of aromatic nitrogens is 1. The summed E-state index contributed by atoms with van der Waals surface area (Å²) < 4.78 is 8.19. The van der Waals surface area contributed by atoms with Crippen LogP contribution >= 0.6 is 15.9 Å². The van der Waals surface area contributed by atoms with Crippen LogP contribution in [0.25, 0.3) is 0 Å². The first-order chi connectivity index (χ1) is 11.8. The Bertz CT molecular complexity index is 735. The topological polar surface area (TPSA) is 71.8 Å². The van der Waals surface area contributed by atoms with Crippen molar-refractivity contribution < 1.29 is 14.3 Å². The van der Waals surface area contributed by atoms with Crippen LogP contribution in [0.1, 0.15) is 32.6 Å². The predicted molar refractivity (Wildman–Crippen MR) is 95.5 cm³/mol. The molecule has 0 spiro atoms. The first-order valence-corrected chi connectivity index (χ1v) is 9.21. The van der Waals surface area contributed by atoms with Crippen molar-refractivity contribution in [3.8, 4) is 5.75 Å². The molecule has 3 rings (SSSR count). The van der Waals surface area contributed by atoms with Crippen molar-refractivity contribution in [3.63, 3.8) is 0 Å². The molecule has 7 nitrogen and oxygen atoms in total. The van der Waals surface area contributed by atoms with Crippen LogP contribution in [0.15, 0.2) is 21.5 Å². The minimum absolute atomic E-state index is 0.0254. The Kier molecular flexibility index (Phi) is 4.90. The Morgan fingerprint density at radius 3 is 2.32 bits per heavy atom. The van der Waals surface area contributed by atoms with E-state index in [4.69, 9.17) is 4.74 Å². The second-order valence-corrected chi connectivity index (χ2v) is 7.62. The summed E-state index contributed by atoms with van der Waals surface area (Å²) in [6.45, 7) is 1.75. The summed E-state index contributed by atoms with van der Waals surface area (Å²) in [4.78, 5) is 39.2. The van der Waals surface area contributed by atoms with Gasteiger partial charge in [0.1, 0.15) is 11.8 Å². The van der Waals surface area contributed by atoms with Crippen molar-refractivity contribution in [2.75, 3.05) is 7.05 Å². The maximum atomic E-state index is 12.3. The van der Waals surface area contributed by atoms with Crippen LogP contribution in [0, 0.1) is 0 Å². The molecule has 136 valence electrons. The van der Waals surface area contributed by atoms with E-state index >= 15 is 0 Å². The van der Waals surface area contributed by atoms with Crippen molar-refractivity contribution >= 4 is 27.9 Å². The molecule has 1 atom stereocenters. The third-order valence-corrected chi connectivity index (χ3v) is 5.73. The van der Waals surface area contributed by atoms with Gasteiger partial charge in [-0.2, -0.15) is 0 Å². The summed E-state index contributed by atoms with van der Waals surface area (Å²) in [6.07, 6.45) is 4.56. The Morgan fingerprint density at radius 2 is 1.76 bits per heavy atom. The van der Waals surface area contributed by atoms with Crippen LogP contribution in [0.3, 0.4) is 0 Å². The molecule has 0 aromatic carbocycles. The second-order valence-electron chi connectivity index (χ2n) is 6.76. The van der Waals surface area contributed by atoms with Crippen molar-refractivity contribution in [2.45, 2.75) is 50.8 Å². The molecule has 3 amide bonds. The van der Waals surface area contributed by atoms with Gasteiger partial charge in [0.25, 0.3) is 11.5 Å². The number of likely N-dealkylation sites (N-methyl/N-ethyl adjacent to an activating group) is 1. The number of halogens is 1. The molecule has 8 heteroatoms. The van der Waals surface area contributed by atoms with Crippen LogP contribution in [0.4, 0.5) is 4.79 Å². The van der Waals surface area contributed by atoms with Gasteiger partial charge in [-0.3, -0.25) is 14.5 Å². The molecule has 1 aromatic rings. The molecular formula is C17H22BrN3O4. The number of carbonyl (C=O) groups is 2. The second kappa shape index (κ2) is 6.82. The van der Waals surface area contributed by atoms with Gasteiger partial charge in [-0.1, -0.05) is 0 Å². The largest absolute Gasteiger partial charge is 0.489 e. The first-order valence-electron chi connectivity index (χ1n) is 8.42. The zero-order valence-electron chi connectivity index (χ0n) is 14.6. The molecule has 0 N–H and O–H groups in total. The lowest BCUT2D eigenvalue weighted by atomic mass is 9.92. The summed E-state index contributed by atoms with van der Waals surface area (Å²) in [6, 6.07) is 0.800. The highest BCUT2D eigenvalue weighted by atomic mass is 79.9. The fraction of sp³-hybridized carbons (Fsp3) is 0.588. The molecule has 25 heavy (non-hydrogen) atoms. The third kappa shape index (κ3) is 3.31. The number of ether oxygens (including phenoxy) is 1. The van der Waals surface area contributed by atoms with E-state index in [9.17, 15) is 14.4 Å². The number of rotatable bonds is 3. The first kappa shape index (κ1) is 18.0. The lowest BCUT2D eigenvalue weighted by molar-refractivity contribution is -0.130. The van der Waals surface area contributed by atoms with Gasteiger partial charge in [-0.05, 0) is 48.5 Å². The molecule has 1 aliphatic heterocycles. The number of amides is 3. The standard InChI is InChI=1S/C17H22BrN3O4/c1-10-16(23)21(17(24)20(10)3)11-4-6-12(7-5-11)25-14-8-15(22)19(2)9-13(14)18/h8-12H,4-7H2,1-3H3/t10-,11?,12?/m1/s1. The van der Waals surface area contributed by atoms with E-state index in [1.54, 1.807) is 27.2 Å². The lowest BCUT2D eigenvalue weighted by Gasteiger charge is -2.33. The van der Waals surface area contributed by atoms with Gasteiger partial charge in [0.05, 0.1) is 10.6 Å². The normalized spacial score (nSPS) is 27.1. The average Bonchev–Trinajstić information content (AvgIpc) is 2.77. The predicted octanol–water partition coefficient (Wildman–Crippen LogP) is 2.12. The number of urea groups is 1. The maximum Gasteiger partial charge on any atom is 0.327 e. The zero-order chi connectivity index (χ0) is 18.3. The van der Waals surface area contributed by atoms with Crippen LogP contribution in [-0.4, -0.2) is 51.5 Å². The summed E-state index contributed by atoms with van der Waals surface area (Å²) >= 11 is 3.41. The fourth-order valence-electron chi connectivity index (χ4n) is 3.40. The van der Waals surface area contributed by atoms with E-state index in [1.807, 2.05) is 0 Å². The minimum atomic E-state index is -0.391. The van der Waals surface area contributed by atoms with Crippen molar-refractivity contribution in [3.05, 3.63) is 27.1 Å². The van der Waals surface area contributed by atoms with E-state index in [1.165, 1.54) is 20.4 Å². The molecule has 1 aliphatic carbocycles. The molecule has 1 aromatic heterocycles. The van der Waals surface area contributed by atoms with E-state index in [-0.39, 0.29) is 29.6 Å². The highest BCUT2D eigenvalue weighted by Crippen LogP contribution is 2.32. The number of hydrogen-bond acceptors (Lipinski definition) is 4. The SMILES string of the molecule is C[C@@H]1C(=O)N(C2CCC(Oc3cc(=O)n(C)cc3Br)CC2)C(=O)N1C. The molecule has 2 fully saturated rings. The highest BCUT2D eigenvalue weighted by Gasteiger charge is 2.44. The molecule has 0 bridgehead atoms. The monoisotopic (exact) mass is 411 g/mol. The van der Waals surface area contributed by atoms with E-state index in [2.05, 4.69) is 15.9 Å².